The highest BCUT2D eigenvalue weighted by Gasteiger charge is 2.28. The number of aryl methyl sites for hydroxylation is 1. The molecule has 1 aromatic heterocycles. The lowest BCUT2D eigenvalue weighted by atomic mass is 10.1. The smallest absolute Gasteiger partial charge is 0.318 e. The zero-order valence-electron chi connectivity index (χ0n) is 7.99. The van der Waals surface area contributed by atoms with Gasteiger partial charge in [0.25, 0.3) is 0 Å². The van der Waals surface area contributed by atoms with E-state index in [-0.39, 0.29) is 12.2 Å². The molecule has 82 valence electrons. The van der Waals surface area contributed by atoms with Crippen molar-refractivity contribution in [1.82, 2.24) is 20.2 Å². The molecule has 1 heterocycles. The summed E-state index contributed by atoms with van der Waals surface area (Å²) < 4.78 is 1.36. The number of aliphatic carboxylic acids is 2. The summed E-state index contributed by atoms with van der Waals surface area (Å²) in [6.45, 7) is 2.24. The molecule has 0 saturated heterocycles. The molecule has 15 heavy (non-hydrogen) atoms. The average Bonchev–Trinajstić information content (AvgIpc) is 2.59. The van der Waals surface area contributed by atoms with Crippen LogP contribution in [0.2, 0.25) is 0 Å². The Morgan fingerprint density at radius 1 is 1.40 bits per heavy atom. The molecule has 0 bridgehead atoms. The molecule has 0 unspecified atom stereocenters. The minimum absolute atomic E-state index is 0.217. The van der Waals surface area contributed by atoms with E-state index in [0.717, 1.165) is 0 Å². The monoisotopic (exact) mass is 214 g/mol. The molecule has 8 heteroatoms. The highest BCUT2D eigenvalue weighted by molar-refractivity contribution is 5.93. The van der Waals surface area contributed by atoms with Gasteiger partial charge in [-0.2, -0.15) is 0 Å². The van der Waals surface area contributed by atoms with Crippen molar-refractivity contribution >= 4 is 11.9 Å². The van der Waals surface area contributed by atoms with Crippen molar-refractivity contribution in [3.63, 3.8) is 0 Å². The molecule has 0 aliphatic rings. The van der Waals surface area contributed by atoms with Crippen LogP contribution in [0, 0.1) is 5.92 Å². The number of carboxylic acids is 2. The van der Waals surface area contributed by atoms with Crippen LogP contribution in [0.4, 0.5) is 0 Å². The molecule has 0 aliphatic carbocycles. The number of hydrogen-bond donors (Lipinski definition) is 2. The third kappa shape index (κ3) is 2.48. The fourth-order valence-electron chi connectivity index (χ4n) is 1.08. The van der Waals surface area contributed by atoms with Crippen LogP contribution in [0.5, 0.6) is 0 Å². The lowest BCUT2D eigenvalue weighted by Gasteiger charge is -2.05. The Morgan fingerprint density at radius 2 is 2.00 bits per heavy atom. The largest absolute Gasteiger partial charge is 0.481 e. The summed E-state index contributed by atoms with van der Waals surface area (Å²) in [5.41, 5.74) is 0. The molecule has 2 N–H and O–H groups in total. The summed E-state index contributed by atoms with van der Waals surface area (Å²) in [5, 5.41) is 27.8. The minimum Gasteiger partial charge on any atom is -0.481 e. The van der Waals surface area contributed by atoms with E-state index in [1.165, 1.54) is 4.68 Å². The van der Waals surface area contributed by atoms with Crippen molar-refractivity contribution in [2.75, 3.05) is 0 Å². The molecular formula is C7H10N4O4. The van der Waals surface area contributed by atoms with Gasteiger partial charge < -0.3 is 10.2 Å². The summed E-state index contributed by atoms with van der Waals surface area (Å²) in [5.74, 6) is -4.05. The number of tetrazole rings is 1. The predicted octanol–water partition coefficient (Wildman–Crippen LogP) is -0.979. The topological polar surface area (TPSA) is 118 Å². The lowest BCUT2D eigenvalue weighted by molar-refractivity contribution is -0.154. The van der Waals surface area contributed by atoms with Gasteiger partial charge in [0, 0.05) is 13.0 Å². The fraction of sp³-hybridized carbons (Fsp3) is 0.571. The van der Waals surface area contributed by atoms with Crippen molar-refractivity contribution in [3.8, 4) is 0 Å². The number of rotatable bonds is 5. The van der Waals surface area contributed by atoms with Crippen molar-refractivity contribution in [3.05, 3.63) is 5.82 Å². The van der Waals surface area contributed by atoms with Crippen LogP contribution >= 0.6 is 0 Å². The van der Waals surface area contributed by atoms with Gasteiger partial charge in [-0.25, -0.2) is 4.68 Å². The predicted molar refractivity (Wildman–Crippen MR) is 46.0 cm³/mol. The molecule has 0 atom stereocenters. The number of hydrogen-bond acceptors (Lipinski definition) is 5. The van der Waals surface area contributed by atoms with Crippen LogP contribution in [0.15, 0.2) is 0 Å². The van der Waals surface area contributed by atoms with E-state index in [2.05, 4.69) is 15.5 Å². The summed E-state index contributed by atoms with van der Waals surface area (Å²) in [7, 11) is 0. The van der Waals surface area contributed by atoms with Gasteiger partial charge in [-0.3, -0.25) is 9.59 Å². The lowest BCUT2D eigenvalue weighted by Crippen LogP contribution is -2.27. The summed E-state index contributed by atoms with van der Waals surface area (Å²) in [4.78, 5) is 21.2. The van der Waals surface area contributed by atoms with Crippen LogP contribution < -0.4 is 0 Å². The van der Waals surface area contributed by atoms with Gasteiger partial charge in [0.2, 0.25) is 0 Å². The molecule has 1 rings (SSSR count). The quantitative estimate of drug-likeness (QED) is 0.604. The second kappa shape index (κ2) is 4.49. The SMILES string of the molecule is CCn1nnnc1CC(C(=O)O)C(=O)O. The second-order valence-electron chi connectivity index (χ2n) is 2.84. The van der Waals surface area contributed by atoms with Crippen LogP contribution in [0.3, 0.4) is 0 Å². The summed E-state index contributed by atoms with van der Waals surface area (Å²) in [6.07, 6.45) is -0.217. The zero-order chi connectivity index (χ0) is 11.4. The van der Waals surface area contributed by atoms with Gasteiger partial charge in [-0.1, -0.05) is 0 Å². The van der Waals surface area contributed by atoms with Crippen LogP contribution in [-0.4, -0.2) is 42.4 Å². The Kier molecular flexibility index (Phi) is 3.32. The van der Waals surface area contributed by atoms with Gasteiger partial charge in [0.05, 0.1) is 0 Å². The van der Waals surface area contributed by atoms with Crippen molar-refractivity contribution in [1.29, 1.82) is 0 Å². The molecule has 0 spiro atoms. The number of nitrogens with zero attached hydrogens (tertiary/aromatic N) is 4. The van der Waals surface area contributed by atoms with E-state index in [1.54, 1.807) is 6.92 Å². The normalized spacial score (nSPS) is 10.5. The number of carbonyl (C=O) groups is 2. The molecule has 0 radical (unpaired) electrons. The van der Waals surface area contributed by atoms with E-state index in [9.17, 15) is 9.59 Å². The first kappa shape index (κ1) is 11.1. The van der Waals surface area contributed by atoms with E-state index in [0.29, 0.717) is 6.54 Å². The zero-order valence-corrected chi connectivity index (χ0v) is 7.99. The Morgan fingerprint density at radius 3 is 2.47 bits per heavy atom. The molecule has 0 aromatic carbocycles. The Balaban J connectivity index is 2.83. The van der Waals surface area contributed by atoms with Crippen LogP contribution in [-0.2, 0) is 22.6 Å². The van der Waals surface area contributed by atoms with Crippen LogP contribution in [0.1, 0.15) is 12.7 Å². The molecule has 0 amide bonds. The standard InChI is InChI=1S/C7H10N4O4/c1-2-11-5(8-9-10-11)3-4(6(12)13)7(14)15/h4H,2-3H2,1H3,(H,12,13)(H,14,15). The van der Waals surface area contributed by atoms with Crippen molar-refractivity contribution < 1.29 is 19.8 Å². The van der Waals surface area contributed by atoms with E-state index >= 15 is 0 Å². The van der Waals surface area contributed by atoms with E-state index in [4.69, 9.17) is 10.2 Å². The summed E-state index contributed by atoms with van der Waals surface area (Å²) in [6, 6.07) is 0. The maximum absolute atomic E-state index is 10.6. The van der Waals surface area contributed by atoms with Crippen molar-refractivity contribution in [2.24, 2.45) is 5.92 Å². The highest BCUT2D eigenvalue weighted by Crippen LogP contribution is 2.06. The molecule has 0 fully saturated rings. The van der Waals surface area contributed by atoms with Gasteiger partial charge in [-0.15, -0.1) is 5.10 Å². The second-order valence-corrected chi connectivity index (χ2v) is 2.84. The van der Waals surface area contributed by atoms with Gasteiger partial charge in [0.15, 0.2) is 11.7 Å². The van der Waals surface area contributed by atoms with E-state index < -0.39 is 17.9 Å². The third-order valence-electron chi connectivity index (χ3n) is 1.89. The molecule has 8 nitrogen and oxygen atoms in total. The molecule has 0 aliphatic heterocycles. The number of carboxylic acid groups (broad SMARTS) is 2. The number of aromatic nitrogens is 4. The Bertz CT molecular complexity index is 361. The maximum Gasteiger partial charge on any atom is 0.318 e. The molecule has 0 saturated carbocycles. The first-order valence-corrected chi connectivity index (χ1v) is 4.27. The van der Waals surface area contributed by atoms with Gasteiger partial charge in [-0.05, 0) is 17.4 Å². The first-order valence-electron chi connectivity index (χ1n) is 4.27. The highest BCUT2D eigenvalue weighted by atomic mass is 16.4. The minimum atomic E-state index is -1.51. The Hall–Kier alpha value is -1.99. The van der Waals surface area contributed by atoms with Gasteiger partial charge >= 0.3 is 11.9 Å². The van der Waals surface area contributed by atoms with Crippen molar-refractivity contribution in [2.45, 2.75) is 19.9 Å². The first-order chi connectivity index (χ1) is 7.06. The Labute approximate surface area is 84.5 Å². The average molecular weight is 214 g/mol. The van der Waals surface area contributed by atoms with Gasteiger partial charge in [0.1, 0.15) is 0 Å². The molecule has 1 aromatic rings. The molecular weight excluding hydrogens is 204 g/mol. The van der Waals surface area contributed by atoms with E-state index in [1.807, 2.05) is 0 Å². The summed E-state index contributed by atoms with van der Waals surface area (Å²) >= 11 is 0. The van der Waals surface area contributed by atoms with Crippen LogP contribution in [0.25, 0.3) is 0 Å². The third-order valence-corrected chi connectivity index (χ3v) is 1.89. The fourth-order valence-corrected chi connectivity index (χ4v) is 1.08. The maximum atomic E-state index is 10.6.